The third-order valence-corrected chi connectivity index (χ3v) is 7.09. The number of non-ortho nitro benzene ring substituents is 1. The second kappa shape index (κ2) is 9.16. The van der Waals surface area contributed by atoms with Gasteiger partial charge in [0.05, 0.1) is 23.0 Å². The third-order valence-electron chi connectivity index (χ3n) is 4.38. The Labute approximate surface area is 167 Å². The van der Waals surface area contributed by atoms with E-state index in [9.17, 15) is 18.5 Å². The number of aliphatic imine (C=N–C) groups is 1. The summed E-state index contributed by atoms with van der Waals surface area (Å²) in [6, 6.07) is 10.2. The Morgan fingerprint density at radius 2 is 2.07 bits per heavy atom. The van der Waals surface area contributed by atoms with Crippen molar-refractivity contribution in [2.45, 2.75) is 25.4 Å². The zero-order chi connectivity index (χ0) is 20.0. The molecular weight excluding hydrogens is 400 g/mol. The van der Waals surface area contributed by atoms with Crippen molar-refractivity contribution in [1.29, 1.82) is 0 Å². The first-order chi connectivity index (χ1) is 13.4. The molecule has 0 bridgehead atoms. The number of hydrogen-bond acceptors (Lipinski definition) is 6. The van der Waals surface area contributed by atoms with E-state index in [4.69, 9.17) is 0 Å². The second-order valence-electron chi connectivity index (χ2n) is 6.59. The molecule has 0 aliphatic carbocycles. The van der Waals surface area contributed by atoms with Crippen molar-refractivity contribution in [1.82, 2.24) is 10.6 Å². The highest BCUT2D eigenvalue weighted by molar-refractivity contribution is 7.91. The number of rotatable bonds is 7. The fourth-order valence-corrected chi connectivity index (χ4v) is 5.29. The lowest BCUT2D eigenvalue weighted by Gasteiger charge is -2.16. The van der Waals surface area contributed by atoms with E-state index in [1.54, 1.807) is 23.5 Å². The molecule has 150 valence electrons. The summed E-state index contributed by atoms with van der Waals surface area (Å²) < 4.78 is 23.4. The Balaban J connectivity index is 1.63. The molecule has 10 heteroatoms. The van der Waals surface area contributed by atoms with Crippen molar-refractivity contribution in [3.8, 4) is 0 Å². The highest BCUT2D eigenvalue weighted by atomic mass is 32.2. The van der Waals surface area contributed by atoms with E-state index < -0.39 is 14.8 Å². The van der Waals surface area contributed by atoms with E-state index in [1.165, 1.54) is 17.0 Å². The van der Waals surface area contributed by atoms with E-state index in [0.29, 0.717) is 25.5 Å². The van der Waals surface area contributed by atoms with Gasteiger partial charge in [0.15, 0.2) is 15.8 Å². The molecule has 0 amide bonds. The van der Waals surface area contributed by atoms with Crippen LogP contribution in [0, 0.1) is 10.1 Å². The van der Waals surface area contributed by atoms with Gasteiger partial charge in [-0.2, -0.15) is 0 Å². The predicted molar refractivity (Wildman–Crippen MR) is 110 cm³/mol. The normalized spacial score (nSPS) is 18.7. The van der Waals surface area contributed by atoms with Gasteiger partial charge in [0.1, 0.15) is 0 Å². The molecule has 2 N–H and O–H groups in total. The summed E-state index contributed by atoms with van der Waals surface area (Å²) in [5, 5.41) is 19.2. The smallest absolute Gasteiger partial charge is 0.269 e. The van der Waals surface area contributed by atoms with E-state index in [-0.39, 0.29) is 23.2 Å². The van der Waals surface area contributed by atoms with Gasteiger partial charge in [0, 0.05) is 29.6 Å². The van der Waals surface area contributed by atoms with Gasteiger partial charge in [-0.1, -0.05) is 18.2 Å². The van der Waals surface area contributed by atoms with Crippen LogP contribution in [0.1, 0.15) is 16.9 Å². The number of nitro groups is 1. The fraction of sp³-hybridized carbons (Fsp3) is 0.389. The van der Waals surface area contributed by atoms with Crippen molar-refractivity contribution < 1.29 is 13.3 Å². The fourth-order valence-electron chi connectivity index (χ4n) is 2.91. The van der Waals surface area contributed by atoms with Gasteiger partial charge in [0.25, 0.3) is 5.69 Å². The van der Waals surface area contributed by atoms with Crippen LogP contribution in [0.15, 0.2) is 46.8 Å². The molecule has 2 aromatic rings. The molecule has 1 unspecified atom stereocenters. The van der Waals surface area contributed by atoms with E-state index in [0.717, 1.165) is 12.0 Å². The molecular formula is C18H22N4O4S2. The quantitative estimate of drug-likeness (QED) is 0.306. The summed E-state index contributed by atoms with van der Waals surface area (Å²) in [6.07, 6.45) is 1.41. The summed E-state index contributed by atoms with van der Waals surface area (Å²) in [7, 11) is -2.98. The molecule has 0 saturated carbocycles. The van der Waals surface area contributed by atoms with Crippen LogP contribution in [0.3, 0.4) is 0 Å². The maximum Gasteiger partial charge on any atom is 0.269 e. The molecule has 1 aromatic carbocycles. The molecule has 1 saturated heterocycles. The van der Waals surface area contributed by atoms with E-state index in [2.05, 4.69) is 21.7 Å². The Morgan fingerprint density at radius 3 is 2.68 bits per heavy atom. The van der Waals surface area contributed by atoms with Crippen LogP contribution in [0.2, 0.25) is 0 Å². The van der Waals surface area contributed by atoms with Gasteiger partial charge in [-0.05, 0) is 29.9 Å². The van der Waals surface area contributed by atoms with Crippen molar-refractivity contribution in [2.24, 2.45) is 4.99 Å². The van der Waals surface area contributed by atoms with Gasteiger partial charge in [-0.15, -0.1) is 11.3 Å². The monoisotopic (exact) mass is 422 g/mol. The highest BCUT2D eigenvalue weighted by Crippen LogP contribution is 2.14. The minimum Gasteiger partial charge on any atom is -0.356 e. The van der Waals surface area contributed by atoms with Crippen LogP contribution in [0.25, 0.3) is 0 Å². The first-order valence-corrected chi connectivity index (χ1v) is 11.6. The summed E-state index contributed by atoms with van der Waals surface area (Å²) in [4.78, 5) is 16.1. The summed E-state index contributed by atoms with van der Waals surface area (Å²) >= 11 is 1.69. The van der Waals surface area contributed by atoms with Crippen LogP contribution < -0.4 is 10.6 Å². The number of sulfone groups is 1. The molecule has 8 nitrogen and oxygen atoms in total. The molecule has 1 aromatic heterocycles. The Hall–Kier alpha value is -2.46. The summed E-state index contributed by atoms with van der Waals surface area (Å²) in [6.45, 7) is 1.01. The van der Waals surface area contributed by atoms with E-state index in [1.807, 2.05) is 11.4 Å². The minimum atomic E-state index is -2.98. The molecule has 28 heavy (non-hydrogen) atoms. The Bertz CT molecular complexity index is 925. The second-order valence-corrected chi connectivity index (χ2v) is 9.85. The zero-order valence-electron chi connectivity index (χ0n) is 15.2. The number of guanidine groups is 1. The Morgan fingerprint density at radius 1 is 1.29 bits per heavy atom. The summed E-state index contributed by atoms with van der Waals surface area (Å²) in [5.74, 6) is 0.850. The summed E-state index contributed by atoms with van der Waals surface area (Å²) in [5.41, 5.74) is 0.875. The number of nitrogens with zero attached hydrogens (tertiary/aromatic N) is 2. The molecule has 1 aliphatic heterocycles. The molecule has 1 aliphatic rings. The van der Waals surface area contributed by atoms with Gasteiger partial charge < -0.3 is 10.6 Å². The first kappa shape index (κ1) is 20.3. The highest BCUT2D eigenvalue weighted by Gasteiger charge is 2.28. The van der Waals surface area contributed by atoms with Crippen molar-refractivity contribution in [3.63, 3.8) is 0 Å². The van der Waals surface area contributed by atoms with Gasteiger partial charge in [-0.3, -0.25) is 10.1 Å². The first-order valence-electron chi connectivity index (χ1n) is 8.92. The minimum absolute atomic E-state index is 0.0383. The zero-order valence-corrected chi connectivity index (χ0v) is 16.8. The van der Waals surface area contributed by atoms with Crippen LogP contribution in [0.4, 0.5) is 5.69 Å². The maximum atomic E-state index is 11.7. The average molecular weight is 423 g/mol. The molecule has 3 rings (SSSR count). The molecule has 1 fully saturated rings. The lowest BCUT2D eigenvalue weighted by Crippen LogP contribution is -2.44. The third kappa shape index (κ3) is 6.03. The van der Waals surface area contributed by atoms with Gasteiger partial charge in [-0.25, -0.2) is 13.4 Å². The lowest BCUT2D eigenvalue weighted by molar-refractivity contribution is -0.384. The maximum absolute atomic E-state index is 11.7. The van der Waals surface area contributed by atoms with Crippen LogP contribution in [0.5, 0.6) is 0 Å². The Kier molecular flexibility index (Phi) is 6.63. The number of thiophene rings is 1. The standard InChI is InChI=1S/C18H22N4O4S2/c23-22(24)16-5-3-14(4-6-16)12-20-18(19-9-7-17-2-1-10-27-17)21-15-8-11-28(25,26)13-15/h1-6,10,15H,7-9,11-13H2,(H2,19,20,21). The van der Waals surface area contributed by atoms with Gasteiger partial charge >= 0.3 is 0 Å². The van der Waals surface area contributed by atoms with Crippen LogP contribution >= 0.6 is 11.3 Å². The van der Waals surface area contributed by atoms with Crippen LogP contribution in [-0.4, -0.2) is 43.4 Å². The number of benzene rings is 1. The average Bonchev–Trinajstić information content (AvgIpc) is 3.29. The van der Waals surface area contributed by atoms with Crippen molar-refractivity contribution in [2.75, 3.05) is 18.1 Å². The number of nitro benzene ring substituents is 1. The van der Waals surface area contributed by atoms with Crippen molar-refractivity contribution >= 4 is 32.8 Å². The van der Waals surface area contributed by atoms with Gasteiger partial charge in [0.2, 0.25) is 0 Å². The van der Waals surface area contributed by atoms with Crippen molar-refractivity contribution in [3.05, 3.63) is 62.3 Å². The number of nitrogens with one attached hydrogen (secondary N) is 2. The van der Waals surface area contributed by atoms with Crippen LogP contribution in [-0.2, 0) is 22.8 Å². The predicted octanol–water partition coefficient (Wildman–Crippen LogP) is 2.12. The lowest BCUT2D eigenvalue weighted by atomic mass is 10.2. The molecule has 0 spiro atoms. The number of hydrogen-bond donors (Lipinski definition) is 2. The molecule has 0 radical (unpaired) electrons. The largest absolute Gasteiger partial charge is 0.356 e. The molecule has 1 atom stereocenters. The SMILES string of the molecule is O=[N+]([O-])c1ccc(CN=C(NCCc2cccs2)NC2CCS(=O)(=O)C2)cc1. The topological polar surface area (TPSA) is 114 Å². The van der Waals surface area contributed by atoms with E-state index >= 15 is 0 Å². The molecule has 2 heterocycles.